The maximum absolute atomic E-state index is 12.4. The van der Waals surface area contributed by atoms with E-state index in [-0.39, 0.29) is 12.4 Å². The molecule has 0 aromatic heterocycles. The highest BCUT2D eigenvalue weighted by Crippen LogP contribution is 2.28. The summed E-state index contributed by atoms with van der Waals surface area (Å²) in [7, 11) is 0. The van der Waals surface area contributed by atoms with Crippen molar-refractivity contribution in [3.63, 3.8) is 0 Å². The standard InChI is InChI=1S/C16H24N2O.ClH/c1-13(2)15(14-6-4-3-5-7-14)12-16(19)18-10-8-17-9-11-18;/h3-7,13,15,17H,8-12H2,1-2H3;1H. The van der Waals surface area contributed by atoms with Crippen molar-refractivity contribution in [2.75, 3.05) is 26.2 Å². The predicted molar refractivity (Wildman–Crippen MR) is 85.3 cm³/mol. The molecule has 4 heteroatoms. The number of benzene rings is 1. The Labute approximate surface area is 128 Å². The van der Waals surface area contributed by atoms with Gasteiger partial charge in [-0.1, -0.05) is 44.2 Å². The number of hydrogen-bond acceptors (Lipinski definition) is 2. The lowest BCUT2D eigenvalue weighted by atomic mass is 9.85. The van der Waals surface area contributed by atoms with E-state index in [2.05, 4.69) is 43.4 Å². The number of carbonyl (C=O) groups excluding carboxylic acids is 1. The lowest BCUT2D eigenvalue weighted by Gasteiger charge is -2.30. The summed E-state index contributed by atoms with van der Waals surface area (Å²) in [4.78, 5) is 14.4. The van der Waals surface area contributed by atoms with Gasteiger partial charge in [0.1, 0.15) is 0 Å². The van der Waals surface area contributed by atoms with Crippen LogP contribution in [0.2, 0.25) is 0 Å². The summed E-state index contributed by atoms with van der Waals surface area (Å²) in [5, 5.41) is 3.28. The molecule has 1 unspecified atom stereocenters. The molecule has 0 aliphatic carbocycles. The van der Waals surface area contributed by atoms with Crippen LogP contribution in [0.1, 0.15) is 31.7 Å². The zero-order chi connectivity index (χ0) is 13.7. The third-order valence-corrected chi connectivity index (χ3v) is 3.90. The van der Waals surface area contributed by atoms with Crippen molar-refractivity contribution in [1.29, 1.82) is 0 Å². The minimum Gasteiger partial charge on any atom is -0.340 e. The van der Waals surface area contributed by atoms with Crippen molar-refractivity contribution >= 4 is 18.3 Å². The second-order valence-corrected chi connectivity index (χ2v) is 5.60. The van der Waals surface area contributed by atoms with Crippen molar-refractivity contribution in [3.8, 4) is 0 Å². The molecular weight excluding hydrogens is 272 g/mol. The Kier molecular flexibility index (Phi) is 7.03. The smallest absolute Gasteiger partial charge is 0.223 e. The van der Waals surface area contributed by atoms with Crippen molar-refractivity contribution < 1.29 is 4.79 Å². The van der Waals surface area contributed by atoms with E-state index >= 15 is 0 Å². The third-order valence-electron chi connectivity index (χ3n) is 3.90. The van der Waals surface area contributed by atoms with Gasteiger partial charge < -0.3 is 10.2 Å². The molecule has 112 valence electrons. The summed E-state index contributed by atoms with van der Waals surface area (Å²) in [6, 6.07) is 10.4. The van der Waals surface area contributed by atoms with Gasteiger partial charge in [0, 0.05) is 32.6 Å². The van der Waals surface area contributed by atoms with E-state index in [0.29, 0.717) is 24.2 Å². The van der Waals surface area contributed by atoms with Gasteiger partial charge in [0.05, 0.1) is 0 Å². The molecule has 1 atom stereocenters. The molecule has 1 fully saturated rings. The van der Waals surface area contributed by atoms with Crippen LogP contribution in [0.3, 0.4) is 0 Å². The Bertz CT molecular complexity index is 402. The van der Waals surface area contributed by atoms with Gasteiger partial charge in [0.25, 0.3) is 0 Å². The van der Waals surface area contributed by atoms with Gasteiger partial charge in [0.2, 0.25) is 5.91 Å². The number of nitrogens with one attached hydrogen (secondary N) is 1. The highest BCUT2D eigenvalue weighted by Gasteiger charge is 2.23. The molecule has 1 aromatic carbocycles. The van der Waals surface area contributed by atoms with Crippen molar-refractivity contribution in [1.82, 2.24) is 10.2 Å². The summed E-state index contributed by atoms with van der Waals surface area (Å²) < 4.78 is 0. The number of nitrogens with zero attached hydrogens (tertiary/aromatic N) is 1. The molecule has 0 saturated carbocycles. The first-order chi connectivity index (χ1) is 9.18. The molecule has 0 radical (unpaired) electrons. The van der Waals surface area contributed by atoms with E-state index in [0.717, 1.165) is 26.2 Å². The van der Waals surface area contributed by atoms with Gasteiger partial charge >= 0.3 is 0 Å². The Morgan fingerprint density at radius 3 is 2.35 bits per heavy atom. The number of halogens is 1. The van der Waals surface area contributed by atoms with Crippen molar-refractivity contribution in [2.24, 2.45) is 5.92 Å². The first kappa shape index (κ1) is 17.0. The number of piperazine rings is 1. The summed E-state index contributed by atoms with van der Waals surface area (Å²) >= 11 is 0. The molecule has 1 aromatic rings. The topological polar surface area (TPSA) is 32.3 Å². The van der Waals surface area contributed by atoms with Gasteiger partial charge in [-0.15, -0.1) is 12.4 Å². The summed E-state index contributed by atoms with van der Waals surface area (Å²) in [5.41, 5.74) is 1.28. The van der Waals surface area contributed by atoms with Gasteiger partial charge in [-0.05, 0) is 17.4 Å². The Morgan fingerprint density at radius 1 is 1.20 bits per heavy atom. The molecule has 2 rings (SSSR count). The number of rotatable bonds is 4. The first-order valence-electron chi connectivity index (χ1n) is 7.22. The molecule has 1 aliphatic rings. The van der Waals surface area contributed by atoms with Gasteiger partial charge in [-0.25, -0.2) is 0 Å². The van der Waals surface area contributed by atoms with Gasteiger partial charge in [0.15, 0.2) is 0 Å². The fraction of sp³-hybridized carbons (Fsp3) is 0.562. The molecule has 1 N–H and O–H groups in total. The van der Waals surface area contributed by atoms with Gasteiger partial charge in [-0.2, -0.15) is 0 Å². The zero-order valence-electron chi connectivity index (χ0n) is 12.3. The van der Waals surface area contributed by atoms with E-state index in [4.69, 9.17) is 0 Å². The molecule has 0 bridgehead atoms. The average Bonchev–Trinajstić information content (AvgIpc) is 2.46. The van der Waals surface area contributed by atoms with Crippen LogP contribution in [-0.4, -0.2) is 37.0 Å². The zero-order valence-corrected chi connectivity index (χ0v) is 13.2. The van der Waals surface area contributed by atoms with Crippen LogP contribution in [-0.2, 0) is 4.79 Å². The Balaban J connectivity index is 0.00000200. The third kappa shape index (κ3) is 4.50. The lowest BCUT2D eigenvalue weighted by molar-refractivity contribution is -0.132. The van der Waals surface area contributed by atoms with E-state index in [1.807, 2.05) is 11.0 Å². The summed E-state index contributed by atoms with van der Waals surface area (Å²) in [6.45, 7) is 7.93. The minimum absolute atomic E-state index is 0. The monoisotopic (exact) mass is 296 g/mol. The largest absolute Gasteiger partial charge is 0.340 e. The molecule has 20 heavy (non-hydrogen) atoms. The fourth-order valence-corrected chi connectivity index (χ4v) is 2.67. The van der Waals surface area contributed by atoms with E-state index in [9.17, 15) is 4.79 Å². The van der Waals surface area contributed by atoms with Crippen LogP contribution in [0.15, 0.2) is 30.3 Å². The number of amides is 1. The first-order valence-corrected chi connectivity index (χ1v) is 7.22. The van der Waals surface area contributed by atoms with Crippen molar-refractivity contribution in [3.05, 3.63) is 35.9 Å². The molecule has 3 nitrogen and oxygen atoms in total. The summed E-state index contributed by atoms with van der Waals surface area (Å²) in [6.07, 6.45) is 0.627. The van der Waals surface area contributed by atoms with Crippen LogP contribution < -0.4 is 5.32 Å². The maximum atomic E-state index is 12.4. The van der Waals surface area contributed by atoms with E-state index < -0.39 is 0 Å². The Hall–Kier alpha value is -1.06. The highest BCUT2D eigenvalue weighted by molar-refractivity contribution is 5.85. The van der Waals surface area contributed by atoms with Crippen LogP contribution in [0, 0.1) is 5.92 Å². The number of hydrogen-bond donors (Lipinski definition) is 1. The molecule has 0 spiro atoms. The fourth-order valence-electron chi connectivity index (χ4n) is 2.67. The summed E-state index contributed by atoms with van der Waals surface area (Å²) in [5.74, 6) is 1.10. The maximum Gasteiger partial charge on any atom is 0.223 e. The number of carbonyl (C=O) groups is 1. The molecular formula is C16H25ClN2O. The molecule has 1 saturated heterocycles. The quantitative estimate of drug-likeness (QED) is 0.926. The van der Waals surface area contributed by atoms with E-state index in [1.54, 1.807) is 0 Å². The van der Waals surface area contributed by atoms with Crippen LogP contribution in [0.25, 0.3) is 0 Å². The van der Waals surface area contributed by atoms with Crippen LogP contribution in [0.5, 0.6) is 0 Å². The predicted octanol–water partition coefficient (Wildman–Crippen LogP) is 2.67. The normalized spacial score (nSPS) is 16.6. The molecule has 1 amide bonds. The SMILES string of the molecule is CC(C)C(CC(=O)N1CCNCC1)c1ccccc1.Cl. The second kappa shape index (κ2) is 8.28. The van der Waals surface area contributed by atoms with E-state index in [1.165, 1.54) is 5.56 Å². The highest BCUT2D eigenvalue weighted by atomic mass is 35.5. The van der Waals surface area contributed by atoms with Crippen molar-refractivity contribution in [2.45, 2.75) is 26.2 Å². The molecule has 1 heterocycles. The average molecular weight is 297 g/mol. The molecule has 1 aliphatic heterocycles. The lowest BCUT2D eigenvalue weighted by Crippen LogP contribution is -2.46. The van der Waals surface area contributed by atoms with Crippen LogP contribution >= 0.6 is 12.4 Å². The second-order valence-electron chi connectivity index (χ2n) is 5.60. The minimum atomic E-state index is 0. The van der Waals surface area contributed by atoms with Gasteiger partial charge in [-0.3, -0.25) is 4.79 Å². The van der Waals surface area contributed by atoms with Crippen LogP contribution in [0.4, 0.5) is 0 Å². The Morgan fingerprint density at radius 2 is 1.80 bits per heavy atom.